The van der Waals surface area contributed by atoms with Crippen molar-refractivity contribution in [2.45, 2.75) is 32.2 Å². The standard InChI is InChI=1S/C15H22N4/c1-3-9-19-10-7-14(8-11-19)18(2)15-6-4-5-13(12-16)17-15/h4-6,14H,3,7-11H2,1-2H3. The van der Waals surface area contributed by atoms with Crippen molar-refractivity contribution >= 4 is 5.82 Å². The topological polar surface area (TPSA) is 43.2 Å². The highest BCUT2D eigenvalue weighted by atomic mass is 15.2. The number of nitriles is 1. The second-order valence-corrected chi connectivity index (χ2v) is 5.18. The van der Waals surface area contributed by atoms with E-state index in [4.69, 9.17) is 5.26 Å². The van der Waals surface area contributed by atoms with Crippen LogP contribution >= 0.6 is 0 Å². The van der Waals surface area contributed by atoms with E-state index in [2.05, 4.69) is 34.8 Å². The van der Waals surface area contributed by atoms with Gasteiger partial charge in [-0.05, 0) is 37.9 Å². The maximum Gasteiger partial charge on any atom is 0.142 e. The monoisotopic (exact) mass is 258 g/mol. The molecular formula is C15H22N4. The minimum atomic E-state index is 0.493. The molecule has 0 saturated carbocycles. The summed E-state index contributed by atoms with van der Waals surface area (Å²) < 4.78 is 0. The number of hydrogen-bond donors (Lipinski definition) is 0. The minimum Gasteiger partial charge on any atom is -0.357 e. The van der Waals surface area contributed by atoms with Crippen LogP contribution in [-0.2, 0) is 0 Å². The van der Waals surface area contributed by atoms with Crippen LogP contribution < -0.4 is 4.90 Å². The lowest BCUT2D eigenvalue weighted by Gasteiger charge is -2.37. The van der Waals surface area contributed by atoms with Gasteiger partial charge in [0.2, 0.25) is 0 Å². The third kappa shape index (κ3) is 3.45. The number of pyridine rings is 1. The lowest BCUT2D eigenvalue weighted by molar-refractivity contribution is 0.211. The number of likely N-dealkylation sites (tertiary alicyclic amines) is 1. The molecule has 1 aromatic heterocycles. The summed E-state index contributed by atoms with van der Waals surface area (Å²) in [5.74, 6) is 0.910. The summed E-state index contributed by atoms with van der Waals surface area (Å²) >= 11 is 0. The van der Waals surface area contributed by atoms with Crippen molar-refractivity contribution < 1.29 is 0 Å². The van der Waals surface area contributed by atoms with Gasteiger partial charge in [0.25, 0.3) is 0 Å². The Morgan fingerprint density at radius 2 is 2.16 bits per heavy atom. The molecule has 0 amide bonds. The zero-order valence-corrected chi connectivity index (χ0v) is 11.8. The van der Waals surface area contributed by atoms with E-state index in [1.54, 1.807) is 6.07 Å². The van der Waals surface area contributed by atoms with E-state index in [9.17, 15) is 0 Å². The first kappa shape index (κ1) is 13.8. The largest absolute Gasteiger partial charge is 0.357 e. The highest BCUT2D eigenvalue weighted by Gasteiger charge is 2.22. The van der Waals surface area contributed by atoms with Gasteiger partial charge < -0.3 is 9.80 Å². The van der Waals surface area contributed by atoms with Crippen LogP contribution in [0.25, 0.3) is 0 Å². The van der Waals surface area contributed by atoms with Gasteiger partial charge >= 0.3 is 0 Å². The van der Waals surface area contributed by atoms with E-state index in [1.165, 1.54) is 38.9 Å². The van der Waals surface area contributed by atoms with E-state index >= 15 is 0 Å². The molecule has 0 unspecified atom stereocenters. The molecule has 102 valence electrons. The highest BCUT2D eigenvalue weighted by molar-refractivity contribution is 5.41. The van der Waals surface area contributed by atoms with E-state index in [0.717, 1.165) is 5.82 Å². The van der Waals surface area contributed by atoms with Crippen molar-refractivity contribution in [3.63, 3.8) is 0 Å². The van der Waals surface area contributed by atoms with Gasteiger partial charge in [0.15, 0.2) is 0 Å². The third-order valence-corrected chi connectivity index (χ3v) is 3.85. The molecule has 1 fully saturated rings. The minimum absolute atomic E-state index is 0.493. The summed E-state index contributed by atoms with van der Waals surface area (Å²) in [6, 6.07) is 8.28. The number of piperidine rings is 1. The van der Waals surface area contributed by atoms with Crippen LogP contribution in [0.15, 0.2) is 18.2 Å². The van der Waals surface area contributed by atoms with E-state index in [-0.39, 0.29) is 0 Å². The Hall–Kier alpha value is -1.60. The predicted molar refractivity (Wildman–Crippen MR) is 77.1 cm³/mol. The third-order valence-electron chi connectivity index (χ3n) is 3.85. The molecule has 0 aromatic carbocycles. The molecule has 0 radical (unpaired) electrons. The highest BCUT2D eigenvalue weighted by Crippen LogP contribution is 2.20. The maximum absolute atomic E-state index is 8.91. The maximum atomic E-state index is 8.91. The van der Waals surface area contributed by atoms with E-state index in [1.807, 2.05) is 12.1 Å². The van der Waals surface area contributed by atoms with Gasteiger partial charge in [0.1, 0.15) is 17.6 Å². The second-order valence-electron chi connectivity index (χ2n) is 5.18. The summed E-state index contributed by atoms with van der Waals surface area (Å²) in [6.45, 7) is 5.77. The SMILES string of the molecule is CCCN1CCC(N(C)c2cccc(C#N)n2)CC1. The molecule has 19 heavy (non-hydrogen) atoms. The summed E-state index contributed by atoms with van der Waals surface area (Å²) in [5.41, 5.74) is 0.493. The number of nitrogens with zero attached hydrogens (tertiary/aromatic N) is 4. The molecule has 4 nitrogen and oxygen atoms in total. The molecule has 0 atom stereocenters. The Labute approximate surface area is 115 Å². The van der Waals surface area contributed by atoms with Gasteiger partial charge in [-0.2, -0.15) is 5.26 Å². The first-order valence-electron chi connectivity index (χ1n) is 7.07. The molecule has 2 rings (SSSR count). The van der Waals surface area contributed by atoms with Crippen molar-refractivity contribution in [1.82, 2.24) is 9.88 Å². The average molecular weight is 258 g/mol. The summed E-state index contributed by atoms with van der Waals surface area (Å²) in [4.78, 5) is 9.13. The number of rotatable bonds is 4. The molecule has 0 spiro atoms. The van der Waals surface area contributed by atoms with Crippen molar-refractivity contribution in [3.05, 3.63) is 23.9 Å². The fourth-order valence-corrected chi connectivity index (χ4v) is 2.72. The molecule has 0 aliphatic carbocycles. The number of hydrogen-bond acceptors (Lipinski definition) is 4. The summed E-state index contributed by atoms with van der Waals surface area (Å²) in [6.07, 6.45) is 3.58. The van der Waals surface area contributed by atoms with Gasteiger partial charge in [0.05, 0.1) is 0 Å². The molecule has 4 heteroatoms. The predicted octanol–water partition coefficient (Wildman–Crippen LogP) is 2.26. The quantitative estimate of drug-likeness (QED) is 0.831. The second kappa shape index (κ2) is 6.53. The van der Waals surface area contributed by atoms with Crippen molar-refractivity contribution in [2.75, 3.05) is 31.6 Å². The van der Waals surface area contributed by atoms with Gasteiger partial charge in [0, 0.05) is 26.2 Å². The smallest absolute Gasteiger partial charge is 0.142 e. The first-order chi connectivity index (χ1) is 9.24. The lowest BCUT2D eigenvalue weighted by atomic mass is 10.0. The van der Waals surface area contributed by atoms with Crippen molar-refractivity contribution in [2.24, 2.45) is 0 Å². The van der Waals surface area contributed by atoms with Crippen molar-refractivity contribution in [1.29, 1.82) is 5.26 Å². The summed E-state index contributed by atoms with van der Waals surface area (Å²) in [7, 11) is 2.09. The fourth-order valence-electron chi connectivity index (χ4n) is 2.72. The molecule has 0 N–H and O–H groups in total. The Morgan fingerprint density at radius 1 is 1.42 bits per heavy atom. The van der Waals surface area contributed by atoms with Gasteiger partial charge in [-0.3, -0.25) is 0 Å². The molecule has 1 aliphatic rings. The van der Waals surface area contributed by atoms with Crippen LogP contribution in [0.1, 0.15) is 31.9 Å². The molecule has 0 bridgehead atoms. The zero-order valence-electron chi connectivity index (χ0n) is 11.8. The molecule has 1 aromatic rings. The number of anilines is 1. The van der Waals surface area contributed by atoms with E-state index in [0.29, 0.717) is 11.7 Å². The lowest BCUT2D eigenvalue weighted by Crippen LogP contribution is -2.43. The Balaban J connectivity index is 1.97. The Kier molecular flexibility index (Phi) is 4.75. The van der Waals surface area contributed by atoms with Crippen LogP contribution in [0.2, 0.25) is 0 Å². The molecule has 1 saturated heterocycles. The molecule has 1 aliphatic heterocycles. The van der Waals surface area contributed by atoms with Crippen LogP contribution in [0, 0.1) is 11.3 Å². The van der Waals surface area contributed by atoms with Crippen molar-refractivity contribution in [3.8, 4) is 6.07 Å². The van der Waals surface area contributed by atoms with Gasteiger partial charge in [-0.25, -0.2) is 4.98 Å². The van der Waals surface area contributed by atoms with Crippen LogP contribution in [0.5, 0.6) is 0 Å². The Morgan fingerprint density at radius 3 is 2.79 bits per heavy atom. The first-order valence-corrected chi connectivity index (χ1v) is 7.07. The van der Waals surface area contributed by atoms with Crippen LogP contribution in [0.4, 0.5) is 5.82 Å². The Bertz CT molecular complexity index is 444. The number of aromatic nitrogens is 1. The van der Waals surface area contributed by atoms with Gasteiger partial charge in [-0.1, -0.05) is 13.0 Å². The normalized spacial score (nSPS) is 17.1. The molecular weight excluding hydrogens is 236 g/mol. The van der Waals surface area contributed by atoms with E-state index < -0.39 is 0 Å². The summed E-state index contributed by atoms with van der Waals surface area (Å²) in [5, 5.41) is 8.91. The molecule has 2 heterocycles. The average Bonchev–Trinajstić information content (AvgIpc) is 2.48. The van der Waals surface area contributed by atoms with Crippen LogP contribution in [-0.4, -0.2) is 42.6 Å². The fraction of sp³-hybridized carbons (Fsp3) is 0.600. The zero-order chi connectivity index (χ0) is 13.7. The van der Waals surface area contributed by atoms with Gasteiger partial charge in [-0.15, -0.1) is 0 Å². The van der Waals surface area contributed by atoms with Crippen LogP contribution in [0.3, 0.4) is 0 Å².